The monoisotopic (exact) mass is 582 g/mol. The average molecular weight is 583 g/mol. The van der Waals surface area contributed by atoms with E-state index >= 15 is 0 Å². The maximum Gasteiger partial charge on any atom is 0.308 e. The van der Waals surface area contributed by atoms with Gasteiger partial charge in [-0.05, 0) is 26.0 Å². The lowest BCUT2D eigenvalue weighted by Crippen LogP contribution is -2.52. The number of nitrogens with one attached hydrogen (secondary N) is 2. The van der Waals surface area contributed by atoms with Gasteiger partial charge in [0.1, 0.15) is 24.5 Å². The molecule has 0 bridgehead atoms. The number of nitrogens with zero attached hydrogens (tertiary/aromatic N) is 2. The van der Waals surface area contributed by atoms with Gasteiger partial charge in [0.05, 0.1) is 24.1 Å². The van der Waals surface area contributed by atoms with Gasteiger partial charge in [-0.2, -0.15) is 9.37 Å². The predicted octanol–water partition coefficient (Wildman–Crippen LogP) is 2.93. The molecule has 0 unspecified atom stereocenters. The Labute approximate surface area is 230 Å². The first-order valence-electron chi connectivity index (χ1n) is 11.5. The molecule has 2 aromatic carbocycles. The maximum absolute atomic E-state index is 14.1. The van der Waals surface area contributed by atoms with Crippen molar-refractivity contribution >= 4 is 35.2 Å². The lowest BCUT2D eigenvalue weighted by atomic mass is 10.1. The number of ether oxygens (including phenoxy) is 2. The summed E-state index contributed by atoms with van der Waals surface area (Å²) < 4.78 is 56.0. The zero-order valence-electron chi connectivity index (χ0n) is 21.2. The number of hydrogen-bond donors (Lipinski definition) is 2. The van der Waals surface area contributed by atoms with Crippen molar-refractivity contribution in [3.63, 3.8) is 0 Å². The van der Waals surface area contributed by atoms with Crippen LogP contribution in [0.15, 0.2) is 34.9 Å². The summed E-state index contributed by atoms with van der Waals surface area (Å²) in [6.45, 7) is 1.42. The molecular formula is C25H22ClF3N4O7. The second kappa shape index (κ2) is 13.1. The number of carbonyl (C=O) groups excluding carboxylic acids is 4. The molecule has 2 amide bonds. The number of benzene rings is 2. The lowest BCUT2D eigenvalue weighted by Gasteiger charge is -2.20. The second-order valence-electron chi connectivity index (χ2n) is 8.30. The molecule has 2 N–H and O–H groups in total. The summed E-state index contributed by atoms with van der Waals surface area (Å²) in [6.07, 6.45) is -0.657. The Morgan fingerprint density at radius 2 is 1.80 bits per heavy atom. The Kier molecular flexibility index (Phi) is 9.82. The van der Waals surface area contributed by atoms with Crippen LogP contribution in [0.5, 0.6) is 5.75 Å². The first-order chi connectivity index (χ1) is 18.9. The van der Waals surface area contributed by atoms with Gasteiger partial charge in [0.2, 0.25) is 11.7 Å². The van der Waals surface area contributed by atoms with Crippen LogP contribution in [0.4, 0.5) is 13.2 Å². The van der Waals surface area contributed by atoms with Crippen molar-refractivity contribution in [2.24, 2.45) is 0 Å². The Morgan fingerprint density at radius 3 is 2.48 bits per heavy atom. The molecule has 2 atom stereocenters. The van der Waals surface area contributed by atoms with E-state index in [0.29, 0.717) is 16.7 Å². The Hall–Kier alpha value is -4.46. The molecule has 0 aliphatic carbocycles. The number of amides is 2. The van der Waals surface area contributed by atoms with Gasteiger partial charge in [0, 0.05) is 11.6 Å². The van der Waals surface area contributed by atoms with Crippen molar-refractivity contribution in [3.05, 3.63) is 64.2 Å². The van der Waals surface area contributed by atoms with Crippen molar-refractivity contribution in [2.75, 3.05) is 13.7 Å². The summed E-state index contributed by atoms with van der Waals surface area (Å²) in [5.41, 5.74) is -0.0142. The standard InChI is InChI=1S/C25H22ClF3N4O7/c1-11-15(27)8-16(28)20(29)21(11)39-10-18(34)17(9-19(35)38-3)31-23(36)12(2)30-24(37)22-32-25(40-33-22)13-6-4-5-7-14(13)26/h4-8,12,17H,9-10H2,1-3H3,(H,30,37)(H,31,36)/t12-,17-/m0/s1. The minimum atomic E-state index is -1.56. The quantitative estimate of drug-likeness (QED) is 0.257. The Bertz CT molecular complexity index is 1420. The highest BCUT2D eigenvalue weighted by Crippen LogP contribution is 2.27. The molecule has 3 rings (SSSR count). The van der Waals surface area contributed by atoms with E-state index in [1.165, 1.54) is 6.92 Å². The summed E-state index contributed by atoms with van der Waals surface area (Å²) in [6, 6.07) is 4.01. The topological polar surface area (TPSA) is 150 Å². The minimum Gasteiger partial charge on any atom is -0.482 e. The van der Waals surface area contributed by atoms with Gasteiger partial charge >= 0.3 is 5.97 Å². The van der Waals surface area contributed by atoms with Crippen molar-refractivity contribution in [3.8, 4) is 17.2 Å². The fourth-order valence-electron chi connectivity index (χ4n) is 3.26. The molecule has 212 valence electrons. The summed E-state index contributed by atoms with van der Waals surface area (Å²) in [4.78, 5) is 53.8. The molecule has 0 aliphatic heterocycles. The number of halogens is 4. The fourth-order valence-corrected chi connectivity index (χ4v) is 3.48. The van der Waals surface area contributed by atoms with Gasteiger partial charge < -0.3 is 24.6 Å². The summed E-state index contributed by atoms with van der Waals surface area (Å²) in [7, 11) is 1.04. The molecule has 0 radical (unpaired) electrons. The van der Waals surface area contributed by atoms with Gasteiger partial charge in [-0.1, -0.05) is 28.9 Å². The molecular weight excluding hydrogens is 561 g/mol. The van der Waals surface area contributed by atoms with E-state index in [2.05, 4.69) is 25.5 Å². The number of hydrogen-bond acceptors (Lipinski definition) is 9. The zero-order chi connectivity index (χ0) is 29.6. The third kappa shape index (κ3) is 7.14. The molecule has 3 aromatic rings. The maximum atomic E-state index is 14.1. The number of rotatable bonds is 11. The molecule has 0 saturated heterocycles. The molecule has 1 heterocycles. The summed E-state index contributed by atoms with van der Waals surface area (Å²) >= 11 is 6.08. The fraction of sp³-hybridized carbons (Fsp3) is 0.280. The molecule has 40 heavy (non-hydrogen) atoms. The van der Waals surface area contributed by atoms with Crippen LogP contribution in [0.2, 0.25) is 5.02 Å². The predicted molar refractivity (Wildman–Crippen MR) is 132 cm³/mol. The number of methoxy groups -OCH3 is 1. The van der Waals surface area contributed by atoms with E-state index in [1.807, 2.05) is 0 Å². The van der Waals surface area contributed by atoms with Gasteiger partial charge in [0.15, 0.2) is 17.3 Å². The largest absolute Gasteiger partial charge is 0.482 e. The van der Waals surface area contributed by atoms with E-state index in [1.54, 1.807) is 24.3 Å². The van der Waals surface area contributed by atoms with Crippen LogP contribution in [0, 0.1) is 24.4 Å². The average Bonchev–Trinajstić information content (AvgIpc) is 3.41. The van der Waals surface area contributed by atoms with E-state index in [4.69, 9.17) is 20.9 Å². The molecule has 0 spiro atoms. The van der Waals surface area contributed by atoms with Gasteiger partial charge in [-0.25, -0.2) is 8.78 Å². The molecule has 0 fully saturated rings. The van der Waals surface area contributed by atoms with Crippen LogP contribution < -0.4 is 15.4 Å². The highest BCUT2D eigenvalue weighted by atomic mass is 35.5. The first kappa shape index (κ1) is 30.1. The minimum absolute atomic E-state index is 0.0403. The third-order valence-corrected chi connectivity index (χ3v) is 5.83. The van der Waals surface area contributed by atoms with Crippen LogP contribution in [-0.4, -0.2) is 59.5 Å². The van der Waals surface area contributed by atoms with E-state index in [0.717, 1.165) is 14.0 Å². The van der Waals surface area contributed by atoms with Gasteiger partial charge in [-0.15, -0.1) is 0 Å². The van der Waals surface area contributed by atoms with Crippen LogP contribution in [0.3, 0.4) is 0 Å². The summed E-state index contributed by atoms with van der Waals surface area (Å²) in [5, 5.41) is 8.43. The van der Waals surface area contributed by atoms with E-state index in [9.17, 15) is 32.3 Å². The first-order valence-corrected chi connectivity index (χ1v) is 11.9. The lowest BCUT2D eigenvalue weighted by molar-refractivity contribution is -0.143. The highest BCUT2D eigenvalue weighted by molar-refractivity contribution is 6.33. The third-order valence-electron chi connectivity index (χ3n) is 5.50. The number of aromatic nitrogens is 2. The Morgan fingerprint density at radius 1 is 1.10 bits per heavy atom. The number of Topliss-reactive ketones (excluding diaryl/α,β-unsaturated/α-hetero) is 1. The SMILES string of the molecule is COC(=O)C[C@H](NC(=O)[C@H](C)NC(=O)c1noc(-c2ccccc2Cl)n1)C(=O)COc1c(C)c(F)cc(F)c1F. The highest BCUT2D eigenvalue weighted by Gasteiger charge is 2.29. The molecule has 1 aromatic heterocycles. The van der Waals surface area contributed by atoms with Crippen LogP contribution >= 0.6 is 11.6 Å². The van der Waals surface area contributed by atoms with Crippen LogP contribution in [0.1, 0.15) is 29.5 Å². The molecule has 11 nitrogen and oxygen atoms in total. The molecule has 0 saturated carbocycles. The number of carbonyl (C=O) groups is 4. The van der Waals surface area contributed by atoms with Crippen molar-refractivity contribution < 1.29 is 46.3 Å². The molecule has 15 heteroatoms. The summed E-state index contributed by atoms with van der Waals surface area (Å²) in [5.74, 6) is -9.11. The molecule has 0 aliphatic rings. The van der Waals surface area contributed by atoms with Crippen LogP contribution in [-0.2, 0) is 19.1 Å². The normalized spacial score (nSPS) is 12.3. The van der Waals surface area contributed by atoms with E-state index in [-0.39, 0.29) is 5.89 Å². The Balaban J connectivity index is 1.67. The second-order valence-corrected chi connectivity index (χ2v) is 8.71. The number of esters is 1. The van der Waals surface area contributed by atoms with Crippen molar-refractivity contribution in [1.82, 2.24) is 20.8 Å². The van der Waals surface area contributed by atoms with Crippen LogP contribution in [0.25, 0.3) is 11.5 Å². The van der Waals surface area contributed by atoms with Crippen molar-refractivity contribution in [2.45, 2.75) is 32.4 Å². The van der Waals surface area contributed by atoms with Gasteiger partial charge in [0.25, 0.3) is 17.6 Å². The van der Waals surface area contributed by atoms with E-state index < -0.39 is 83.3 Å². The number of ketones is 1. The smallest absolute Gasteiger partial charge is 0.308 e. The van der Waals surface area contributed by atoms with Gasteiger partial charge in [-0.3, -0.25) is 19.2 Å². The zero-order valence-corrected chi connectivity index (χ0v) is 22.0. The van der Waals surface area contributed by atoms with Crippen molar-refractivity contribution in [1.29, 1.82) is 0 Å².